The molecule has 0 bridgehead atoms. The minimum absolute atomic E-state index is 0.164. The predicted octanol–water partition coefficient (Wildman–Crippen LogP) is 2.23. The number of thiazole rings is 1. The summed E-state index contributed by atoms with van der Waals surface area (Å²) in [5, 5.41) is 6.28. The van der Waals surface area contributed by atoms with Gasteiger partial charge in [-0.15, -0.1) is 11.3 Å². The average Bonchev–Trinajstić information content (AvgIpc) is 2.98. The Bertz CT molecular complexity index is 422. The fourth-order valence-electron chi connectivity index (χ4n) is 2.03. The lowest BCUT2D eigenvalue weighted by Crippen LogP contribution is -2.26. The Morgan fingerprint density at radius 2 is 2.53 bits per heavy atom. The van der Waals surface area contributed by atoms with Gasteiger partial charge in [-0.1, -0.05) is 0 Å². The number of hydrogen-bond acceptors (Lipinski definition) is 6. The third kappa shape index (κ3) is 4.18. The molecule has 1 fully saturated rings. The highest BCUT2D eigenvalue weighted by atomic mass is 32.1. The summed E-state index contributed by atoms with van der Waals surface area (Å²) in [6, 6.07) is 0.337. The molecule has 2 atom stereocenters. The Morgan fingerprint density at radius 1 is 1.68 bits per heavy atom. The van der Waals surface area contributed by atoms with Crippen molar-refractivity contribution in [1.82, 2.24) is 4.98 Å². The van der Waals surface area contributed by atoms with Crippen LogP contribution >= 0.6 is 11.3 Å². The topological polar surface area (TPSA) is 60.5 Å². The summed E-state index contributed by atoms with van der Waals surface area (Å²) in [5.74, 6) is -0.164. The van der Waals surface area contributed by atoms with E-state index >= 15 is 0 Å². The van der Waals surface area contributed by atoms with Crippen LogP contribution < -0.4 is 5.32 Å². The van der Waals surface area contributed by atoms with Gasteiger partial charge in [0, 0.05) is 18.4 Å². The normalized spacial score (nSPS) is 22.4. The fourth-order valence-corrected chi connectivity index (χ4v) is 2.84. The minimum Gasteiger partial charge on any atom is -0.466 e. The molecule has 106 valence electrons. The first-order valence-corrected chi connectivity index (χ1v) is 7.55. The smallest absolute Gasteiger partial charge is 0.306 e. The molecule has 1 aromatic heterocycles. The summed E-state index contributed by atoms with van der Waals surface area (Å²) in [5.41, 5.74) is 0.937. The highest BCUT2D eigenvalue weighted by molar-refractivity contribution is 7.13. The number of carbonyl (C=O) groups is 1. The second kappa shape index (κ2) is 6.86. The Kier molecular flexibility index (Phi) is 5.15. The van der Waals surface area contributed by atoms with Crippen molar-refractivity contribution in [3.8, 4) is 0 Å². The van der Waals surface area contributed by atoms with Gasteiger partial charge in [-0.2, -0.15) is 0 Å². The van der Waals surface area contributed by atoms with E-state index in [4.69, 9.17) is 9.47 Å². The molecule has 0 spiro atoms. The van der Waals surface area contributed by atoms with Gasteiger partial charge in [0.15, 0.2) is 5.13 Å². The number of anilines is 1. The second-order valence-corrected chi connectivity index (χ2v) is 5.42. The third-order valence-corrected chi connectivity index (χ3v) is 3.95. The van der Waals surface area contributed by atoms with Crippen LogP contribution in [0.15, 0.2) is 5.38 Å². The van der Waals surface area contributed by atoms with E-state index in [-0.39, 0.29) is 12.1 Å². The van der Waals surface area contributed by atoms with Crippen molar-refractivity contribution in [2.45, 2.75) is 45.3 Å². The lowest BCUT2D eigenvalue weighted by Gasteiger charge is -2.14. The summed E-state index contributed by atoms with van der Waals surface area (Å²) >= 11 is 1.57. The van der Waals surface area contributed by atoms with Crippen molar-refractivity contribution in [2.75, 3.05) is 18.5 Å². The van der Waals surface area contributed by atoms with Gasteiger partial charge in [-0.25, -0.2) is 4.98 Å². The number of hydrogen-bond donors (Lipinski definition) is 1. The molecule has 0 aliphatic carbocycles. The minimum atomic E-state index is -0.164. The molecule has 0 aromatic carbocycles. The molecule has 2 rings (SSSR count). The maximum absolute atomic E-state index is 11.3. The van der Waals surface area contributed by atoms with Crippen LogP contribution in [0.3, 0.4) is 0 Å². The third-order valence-electron chi connectivity index (χ3n) is 3.13. The Morgan fingerprint density at radius 3 is 3.21 bits per heavy atom. The molecule has 1 aromatic rings. The monoisotopic (exact) mass is 284 g/mol. The SMILES string of the molecule is CCOC(=O)CCc1csc(NC2CCOC2C)n1. The largest absolute Gasteiger partial charge is 0.466 e. The van der Waals surface area contributed by atoms with Crippen LogP contribution in [0.1, 0.15) is 32.4 Å². The van der Waals surface area contributed by atoms with Crippen molar-refractivity contribution < 1.29 is 14.3 Å². The highest BCUT2D eigenvalue weighted by Gasteiger charge is 2.24. The number of aryl methyl sites for hydroxylation is 1. The Hall–Kier alpha value is -1.14. The second-order valence-electron chi connectivity index (χ2n) is 4.56. The van der Waals surface area contributed by atoms with Crippen LogP contribution in [0.4, 0.5) is 5.13 Å². The van der Waals surface area contributed by atoms with Crippen molar-refractivity contribution in [1.29, 1.82) is 0 Å². The number of nitrogens with zero attached hydrogens (tertiary/aromatic N) is 1. The summed E-state index contributed by atoms with van der Waals surface area (Å²) in [4.78, 5) is 15.8. The number of rotatable bonds is 6. The average molecular weight is 284 g/mol. The lowest BCUT2D eigenvalue weighted by atomic mass is 10.2. The zero-order valence-electron chi connectivity index (χ0n) is 11.3. The number of carbonyl (C=O) groups excluding carboxylic acids is 1. The summed E-state index contributed by atoms with van der Waals surface area (Å²) in [7, 11) is 0. The van der Waals surface area contributed by atoms with E-state index in [1.165, 1.54) is 0 Å². The molecule has 1 N–H and O–H groups in total. The van der Waals surface area contributed by atoms with Gasteiger partial charge in [-0.05, 0) is 20.3 Å². The molecule has 6 heteroatoms. The van der Waals surface area contributed by atoms with Gasteiger partial charge in [0.2, 0.25) is 0 Å². The molecule has 0 amide bonds. The lowest BCUT2D eigenvalue weighted by molar-refractivity contribution is -0.143. The number of ether oxygens (including phenoxy) is 2. The Labute approximate surface area is 117 Å². The first kappa shape index (κ1) is 14.3. The van der Waals surface area contributed by atoms with Crippen molar-refractivity contribution in [2.24, 2.45) is 0 Å². The standard InChI is InChI=1S/C13H20N2O3S/c1-3-17-12(16)5-4-10-8-19-13(14-10)15-11-6-7-18-9(11)2/h8-9,11H,3-7H2,1-2H3,(H,14,15). The van der Waals surface area contributed by atoms with Crippen LogP contribution in [0.2, 0.25) is 0 Å². The van der Waals surface area contributed by atoms with Gasteiger partial charge in [0.05, 0.1) is 30.9 Å². The van der Waals surface area contributed by atoms with Crippen LogP contribution in [0.5, 0.6) is 0 Å². The van der Waals surface area contributed by atoms with Crippen LogP contribution in [0, 0.1) is 0 Å². The van der Waals surface area contributed by atoms with E-state index in [9.17, 15) is 4.79 Å². The summed E-state index contributed by atoms with van der Waals surface area (Å²) in [6.45, 7) is 5.12. The van der Waals surface area contributed by atoms with Crippen molar-refractivity contribution in [3.63, 3.8) is 0 Å². The van der Waals surface area contributed by atoms with E-state index < -0.39 is 0 Å². The molecule has 0 radical (unpaired) electrons. The van der Waals surface area contributed by atoms with E-state index in [2.05, 4.69) is 17.2 Å². The molecule has 2 heterocycles. The molecule has 1 aliphatic heterocycles. The molecule has 2 unspecified atom stereocenters. The van der Waals surface area contributed by atoms with Gasteiger partial charge in [0.1, 0.15) is 0 Å². The fraction of sp³-hybridized carbons (Fsp3) is 0.692. The first-order valence-electron chi connectivity index (χ1n) is 6.67. The maximum atomic E-state index is 11.3. The van der Waals surface area contributed by atoms with Crippen molar-refractivity contribution >= 4 is 22.4 Å². The van der Waals surface area contributed by atoms with Gasteiger partial charge in [-0.3, -0.25) is 4.79 Å². The number of aromatic nitrogens is 1. The highest BCUT2D eigenvalue weighted by Crippen LogP contribution is 2.22. The quantitative estimate of drug-likeness (QED) is 0.812. The maximum Gasteiger partial charge on any atom is 0.306 e. The van der Waals surface area contributed by atoms with E-state index in [1.54, 1.807) is 11.3 Å². The number of esters is 1. The molecule has 19 heavy (non-hydrogen) atoms. The van der Waals surface area contributed by atoms with E-state index in [0.29, 0.717) is 25.5 Å². The van der Waals surface area contributed by atoms with Gasteiger partial charge in [0.25, 0.3) is 0 Å². The molecular weight excluding hydrogens is 264 g/mol. The molecule has 1 saturated heterocycles. The van der Waals surface area contributed by atoms with Gasteiger partial charge >= 0.3 is 5.97 Å². The first-order chi connectivity index (χ1) is 9.19. The van der Waals surface area contributed by atoms with Crippen LogP contribution in [-0.4, -0.2) is 36.3 Å². The van der Waals surface area contributed by atoms with E-state index in [0.717, 1.165) is 23.9 Å². The van der Waals surface area contributed by atoms with Crippen LogP contribution in [0.25, 0.3) is 0 Å². The zero-order valence-corrected chi connectivity index (χ0v) is 12.2. The molecule has 5 nitrogen and oxygen atoms in total. The van der Waals surface area contributed by atoms with Crippen LogP contribution in [-0.2, 0) is 20.7 Å². The van der Waals surface area contributed by atoms with Crippen molar-refractivity contribution in [3.05, 3.63) is 11.1 Å². The van der Waals surface area contributed by atoms with Gasteiger partial charge < -0.3 is 14.8 Å². The predicted molar refractivity (Wildman–Crippen MR) is 74.5 cm³/mol. The summed E-state index contributed by atoms with van der Waals surface area (Å²) in [6.07, 6.45) is 2.26. The number of nitrogens with one attached hydrogen (secondary N) is 1. The Balaban J connectivity index is 1.80. The zero-order chi connectivity index (χ0) is 13.7. The molecule has 0 saturated carbocycles. The summed E-state index contributed by atoms with van der Waals surface area (Å²) < 4.78 is 10.4. The molecular formula is C13H20N2O3S. The molecule has 1 aliphatic rings. The van der Waals surface area contributed by atoms with E-state index in [1.807, 2.05) is 12.3 Å².